The Kier molecular flexibility index (Phi) is 10.3. The number of unbranched alkanes of at least 4 members (excludes halogenated alkanes) is 1. The molecule has 3 aromatic rings. The van der Waals surface area contributed by atoms with Crippen LogP contribution in [0, 0.1) is 5.82 Å². The average molecular weight is 588 g/mol. The van der Waals surface area contributed by atoms with Gasteiger partial charge in [-0.3, -0.25) is 9.59 Å². The molecule has 214 valence electrons. The first-order valence-electron chi connectivity index (χ1n) is 13.6. The molecule has 0 radical (unpaired) electrons. The molecule has 2 aromatic heterocycles. The summed E-state index contributed by atoms with van der Waals surface area (Å²) in [5, 5.41) is 14.8. The zero-order valence-corrected chi connectivity index (χ0v) is 24.6. The van der Waals surface area contributed by atoms with Crippen LogP contribution in [0.5, 0.6) is 0 Å². The number of amides is 2. The molecule has 1 aliphatic carbocycles. The first kappa shape index (κ1) is 29.7. The summed E-state index contributed by atoms with van der Waals surface area (Å²) in [6.45, 7) is 6.54. The number of thiophene rings is 1. The number of anilines is 1. The van der Waals surface area contributed by atoms with Crippen LogP contribution in [0.3, 0.4) is 0 Å². The van der Waals surface area contributed by atoms with Crippen molar-refractivity contribution >= 4 is 45.9 Å². The summed E-state index contributed by atoms with van der Waals surface area (Å²) in [5.74, 6) is -1.28. The van der Waals surface area contributed by atoms with Crippen LogP contribution in [0.2, 0.25) is 0 Å². The summed E-state index contributed by atoms with van der Waals surface area (Å²) in [6.07, 6.45) is 5.54. The minimum atomic E-state index is -0.596. The lowest BCUT2D eigenvalue weighted by Gasteiger charge is -2.14. The molecule has 0 saturated carbocycles. The molecule has 9 nitrogen and oxygen atoms in total. The van der Waals surface area contributed by atoms with Gasteiger partial charge in [-0.15, -0.1) is 21.5 Å². The molecule has 0 fully saturated rings. The Morgan fingerprint density at radius 1 is 1.18 bits per heavy atom. The molecule has 1 atom stereocenters. The molecule has 2 amide bonds. The minimum absolute atomic E-state index is 0.0422. The number of benzene rings is 1. The molecule has 0 unspecified atom stereocenters. The number of hydrogen-bond acceptors (Lipinski definition) is 8. The number of hydrogen-bond donors (Lipinski definition) is 2. The van der Waals surface area contributed by atoms with E-state index in [9.17, 15) is 18.8 Å². The van der Waals surface area contributed by atoms with Crippen LogP contribution in [0.4, 0.5) is 9.39 Å². The fourth-order valence-corrected chi connectivity index (χ4v) is 6.65. The lowest BCUT2D eigenvalue weighted by molar-refractivity contribution is -0.115. The van der Waals surface area contributed by atoms with Crippen LogP contribution in [-0.4, -0.2) is 44.4 Å². The van der Waals surface area contributed by atoms with Crippen LogP contribution in [0.15, 0.2) is 29.4 Å². The zero-order valence-electron chi connectivity index (χ0n) is 22.9. The van der Waals surface area contributed by atoms with Crippen LogP contribution < -0.4 is 10.6 Å². The Morgan fingerprint density at radius 2 is 1.95 bits per heavy atom. The SMILES string of the molecule is CCCCn1c(CNC(=O)c2ccccc2F)nnc1S[C@@H](C)C(=O)Nc1sc2c(c1C(=O)OCC)CCCC2. The molecular formula is C28H34FN5O4S2. The van der Waals surface area contributed by atoms with E-state index in [1.807, 2.05) is 4.57 Å². The normalized spacial score (nSPS) is 13.4. The van der Waals surface area contributed by atoms with Crippen molar-refractivity contribution in [2.75, 3.05) is 11.9 Å². The second-order valence-electron chi connectivity index (χ2n) is 9.45. The number of thioether (sulfide) groups is 1. The highest BCUT2D eigenvalue weighted by molar-refractivity contribution is 8.00. The lowest BCUT2D eigenvalue weighted by Crippen LogP contribution is -2.26. The molecule has 40 heavy (non-hydrogen) atoms. The van der Waals surface area contributed by atoms with Crippen molar-refractivity contribution in [1.29, 1.82) is 0 Å². The largest absolute Gasteiger partial charge is 0.462 e. The van der Waals surface area contributed by atoms with Crippen molar-refractivity contribution in [3.63, 3.8) is 0 Å². The van der Waals surface area contributed by atoms with Gasteiger partial charge in [0.2, 0.25) is 5.91 Å². The standard InChI is InChI=1S/C28H34FN5O4S2/c1-4-6-15-34-22(16-30-25(36)18-11-7-9-13-20(18)29)32-33-28(34)39-17(3)24(35)31-26-23(27(37)38-5-2)19-12-8-10-14-21(19)40-26/h7,9,11,13,17H,4-6,8,10,12,14-16H2,1-3H3,(H,30,36)(H,31,35)/t17-/m0/s1. The molecule has 2 N–H and O–H groups in total. The predicted octanol–water partition coefficient (Wildman–Crippen LogP) is 5.38. The molecule has 0 bridgehead atoms. The van der Waals surface area contributed by atoms with Gasteiger partial charge in [0.05, 0.1) is 29.5 Å². The van der Waals surface area contributed by atoms with Gasteiger partial charge in [-0.2, -0.15) is 0 Å². The first-order chi connectivity index (χ1) is 19.3. The van der Waals surface area contributed by atoms with Gasteiger partial charge in [0, 0.05) is 11.4 Å². The van der Waals surface area contributed by atoms with Gasteiger partial charge in [-0.05, 0) is 63.6 Å². The summed E-state index contributed by atoms with van der Waals surface area (Å²) in [4.78, 5) is 39.7. The van der Waals surface area contributed by atoms with Gasteiger partial charge in [-0.25, -0.2) is 9.18 Å². The number of carbonyl (C=O) groups excluding carboxylic acids is 3. The van der Waals surface area contributed by atoms with Gasteiger partial charge < -0.3 is 19.9 Å². The minimum Gasteiger partial charge on any atom is -0.462 e. The van der Waals surface area contributed by atoms with Gasteiger partial charge in [0.25, 0.3) is 5.91 Å². The van der Waals surface area contributed by atoms with Gasteiger partial charge in [0.1, 0.15) is 10.8 Å². The van der Waals surface area contributed by atoms with Crippen LogP contribution in [0.25, 0.3) is 0 Å². The van der Waals surface area contributed by atoms with Crippen molar-refractivity contribution in [2.45, 2.75) is 82.8 Å². The van der Waals surface area contributed by atoms with Crippen molar-refractivity contribution in [3.05, 3.63) is 57.5 Å². The molecule has 0 spiro atoms. The maximum Gasteiger partial charge on any atom is 0.341 e. The highest BCUT2D eigenvalue weighted by Crippen LogP contribution is 2.39. The molecule has 0 aliphatic heterocycles. The number of rotatable bonds is 12. The van der Waals surface area contributed by atoms with E-state index < -0.39 is 22.9 Å². The van der Waals surface area contributed by atoms with E-state index in [-0.39, 0.29) is 24.6 Å². The first-order valence-corrected chi connectivity index (χ1v) is 15.3. The van der Waals surface area contributed by atoms with Gasteiger partial charge in [0.15, 0.2) is 11.0 Å². The third-order valence-electron chi connectivity index (χ3n) is 6.59. The highest BCUT2D eigenvalue weighted by atomic mass is 32.2. The number of nitrogens with one attached hydrogen (secondary N) is 2. The fourth-order valence-electron chi connectivity index (χ4n) is 4.48. The fraction of sp³-hybridized carbons (Fsp3) is 0.464. The van der Waals surface area contributed by atoms with E-state index in [2.05, 4.69) is 27.8 Å². The maximum absolute atomic E-state index is 14.0. The molecule has 12 heteroatoms. The number of fused-ring (bicyclic) bond motifs is 1. The average Bonchev–Trinajstić information content (AvgIpc) is 3.50. The monoisotopic (exact) mass is 587 g/mol. The van der Waals surface area contributed by atoms with E-state index in [0.29, 0.717) is 28.1 Å². The van der Waals surface area contributed by atoms with Gasteiger partial charge in [-0.1, -0.05) is 37.2 Å². The number of nitrogens with zero attached hydrogens (tertiary/aromatic N) is 3. The highest BCUT2D eigenvalue weighted by Gasteiger charge is 2.29. The maximum atomic E-state index is 14.0. The molecule has 0 saturated heterocycles. The van der Waals surface area contributed by atoms with E-state index in [0.717, 1.165) is 49.0 Å². The molecular weight excluding hydrogens is 553 g/mol. The van der Waals surface area contributed by atoms with Crippen molar-refractivity contribution in [2.24, 2.45) is 0 Å². The molecule has 4 rings (SSSR count). The zero-order chi connectivity index (χ0) is 28.6. The number of aryl methyl sites for hydroxylation is 1. The van der Waals surface area contributed by atoms with Crippen molar-refractivity contribution < 1.29 is 23.5 Å². The quantitative estimate of drug-likeness (QED) is 0.216. The van der Waals surface area contributed by atoms with Gasteiger partial charge >= 0.3 is 5.97 Å². The lowest BCUT2D eigenvalue weighted by atomic mass is 9.95. The Bertz CT molecular complexity index is 1370. The summed E-state index contributed by atoms with van der Waals surface area (Å²) in [6, 6.07) is 5.79. The van der Waals surface area contributed by atoms with E-state index >= 15 is 0 Å². The number of aromatic nitrogens is 3. The van der Waals surface area contributed by atoms with E-state index in [1.165, 1.54) is 41.3 Å². The molecule has 2 heterocycles. The Hall–Kier alpha value is -3.25. The third-order valence-corrected chi connectivity index (χ3v) is 8.88. The van der Waals surface area contributed by atoms with Crippen molar-refractivity contribution in [1.82, 2.24) is 20.1 Å². The smallest absolute Gasteiger partial charge is 0.341 e. The topological polar surface area (TPSA) is 115 Å². The number of esters is 1. The van der Waals surface area contributed by atoms with E-state index in [4.69, 9.17) is 4.74 Å². The summed E-state index contributed by atoms with van der Waals surface area (Å²) < 4.78 is 21.2. The Morgan fingerprint density at radius 3 is 2.70 bits per heavy atom. The second-order valence-corrected chi connectivity index (χ2v) is 11.9. The summed E-state index contributed by atoms with van der Waals surface area (Å²) >= 11 is 2.71. The molecule has 1 aliphatic rings. The van der Waals surface area contributed by atoms with Crippen molar-refractivity contribution in [3.8, 4) is 0 Å². The Balaban J connectivity index is 1.47. The predicted molar refractivity (Wildman–Crippen MR) is 153 cm³/mol. The third kappa shape index (κ3) is 6.90. The second kappa shape index (κ2) is 13.9. The number of carbonyl (C=O) groups is 3. The molecule has 1 aromatic carbocycles. The summed E-state index contributed by atoms with van der Waals surface area (Å²) in [7, 11) is 0. The number of ether oxygens (including phenoxy) is 1. The van der Waals surface area contributed by atoms with Crippen LogP contribution in [0.1, 0.15) is 83.4 Å². The number of halogens is 1. The van der Waals surface area contributed by atoms with Crippen LogP contribution >= 0.6 is 23.1 Å². The summed E-state index contributed by atoms with van der Waals surface area (Å²) in [5.41, 5.74) is 1.43. The Labute approximate surface area is 241 Å². The van der Waals surface area contributed by atoms with Crippen LogP contribution in [-0.2, 0) is 35.5 Å². The van der Waals surface area contributed by atoms with E-state index in [1.54, 1.807) is 19.9 Å².